The molecule has 1 unspecified atom stereocenters. The molecular weight excluding hydrogens is 252 g/mol. The van der Waals surface area contributed by atoms with Gasteiger partial charge in [0.1, 0.15) is 5.60 Å². The Bertz CT molecular complexity index is 477. The third-order valence-corrected chi connectivity index (χ3v) is 3.10. The fourth-order valence-corrected chi connectivity index (χ4v) is 2.22. The first-order valence-electron chi connectivity index (χ1n) is 7.04. The van der Waals surface area contributed by atoms with Crippen LogP contribution < -0.4 is 0 Å². The van der Waals surface area contributed by atoms with Crippen molar-refractivity contribution in [1.29, 1.82) is 0 Å². The molecule has 4 heteroatoms. The Morgan fingerprint density at radius 1 is 1.45 bits per heavy atom. The minimum atomic E-state index is -0.449. The van der Waals surface area contributed by atoms with E-state index in [2.05, 4.69) is 4.98 Å². The summed E-state index contributed by atoms with van der Waals surface area (Å²) in [6.07, 6.45) is 7.52. The lowest BCUT2D eigenvalue weighted by atomic mass is 10.2. The van der Waals surface area contributed by atoms with E-state index < -0.39 is 5.60 Å². The topological polar surface area (TPSA) is 42.4 Å². The van der Waals surface area contributed by atoms with E-state index in [-0.39, 0.29) is 12.1 Å². The van der Waals surface area contributed by atoms with Crippen molar-refractivity contribution in [3.05, 3.63) is 36.2 Å². The minimum absolute atomic E-state index is 0.104. The number of carbonyl (C=O) groups excluding carboxylic acids is 1. The Balaban J connectivity index is 2.01. The van der Waals surface area contributed by atoms with Gasteiger partial charge in [0.05, 0.1) is 11.7 Å². The maximum absolute atomic E-state index is 12.1. The summed E-state index contributed by atoms with van der Waals surface area (Å²) < 4.78 is 5.44. The molecule has 0 saturated carbocycles. The number of pyridine rings is 1. The zero-order chi connectivity index (χ0) is 14.6. The van der Waals surface area contributed by atoms with Gasteiger partial charge in [-0.05, 0) is 51.8 Å². The molecule has 1 fully saturated rings. The normalized spacial score (nSPS) is 19.6. The van der Waals surface area contributed by atoms with Crippen molar-refractivity contribution in [2.24, 2.45) is 0 Å². The van der Waals surface area contributed by atoms with Gasteiger partial charge in [-0.25, -0.2) is 4.79 Å². The van der Waals surface area contributed by atoms with E-state index in [1.165, 1.54) is 0 Å². The molecule has 1 saturated heterocycles. The summed E-state index contributed by atoms with van der Waals surface area (Å²) >= 11 is 0. The fourth-order valence-electron chi connectivity index (χ4n) is 2.22. The van der Waals surface area contributed by atoms with Crippen molar-refractivity contribution in [2.45, 2.75) is 45.3 Å². The van der Waals surface area contributed by atoms with Gasteiger partial charge in [-0.1, -0.05) is 12.1 Å². The van der Waals surface area contributed by atoms with Crippen LogP contribution in [-0.2, 0) is 4.74 Å². The molecule has 1 aromatic rings. The molecule has 0 aliphatic carbocycles. The summed E-state index contributed by atoms with van der Waals surface area (Å²) in [6.45, 7) is 6.42. The molecule has 0 bridgehead atoms. The fraction of sp³-hybridized carbons (Fsp3) is 0.500. The number of amides is 1. The smallest absolute Gasteiger partial charge is 0.410 e. The van der Waals surface area contributed by atoms with Crippen LogP contribution in [0.1, 0.15) is 39.3 Å². The summed E-state index contributed by atoms with van der Waals surface area (Å²) in [5.41, 5.74) is 0.457. The number of ether oxygens (including phenoxy) is 1. The summed E-state index contributed by atoms with van der Waals surface area (Å²) in [7, 11) is 0. The molecule has 0 radical (unpaired) electrons. The second-order valence-corrected chi connectivity index (χ2v) is 6.00. The number of hydrogen-bond acceptors (Lipinski definition) is 3. The average Bonchev–Trinajstić information content (AvgIpc) is 2.84. The quantitative estimate of drug-likeness (QED) is 0.829. The molecule has 0 N–H and O–H groups in total. The molecule has 108 valence electrons. The number of likely N-dealkylation sites (tertiary alicyclic amines) is 1. The maximum atomic E-state index is 12.1. The molecule has 1 atom stereocenters. The van der Waals surface area contributed by atoms with E-state index in [1.807, 2.05) is 51.1 Å². The summed E-state index contributed by atoms with van der Waals surface area (Å²) in [5, 5.41) is 0. The van der Waals surface area contributed by atoms with Crippen LogP contribution in [0.15, 0.2) is 30.5 Å². The van der Waals surface area contributed by atoms with Gasteiger partial charge in [0, 0.05) is 12.7 Å². The van der Waals surface area contributed by atoms with Crippen molar-refractivity contribution in [1.82, 2.24) is 9.88 Å². The van der Waals surface area contributed by atoms with E-state index in [1.54, 1.807) is 11.1 Å². The minimum Gasteiger partial charge on any atom is -0.444 e. The lowest BCUT2D eigenvalue weighted by molar-refractivity contribution is 0.0256. The Hall–Kier alpha value is -1.84. The lowest BCUT2D eigenvalue weighted by Gasteiger charge is -2.27. The number of rotatable bonds is 2. The van der Waals surface area contributed by atoms with E-state index in [0.717, 1.165) is 25.1 Å². The second-order valence-electron chi connectivity index (χ2n) is 6.00. The van der Waals surface area contributed by atoms with Crippen LogP contribution >= 0.6 is 0 Å². The first-order valence-corrected chi connectivity index (χ1v) is 7.04. The van der Waals surface area contributed by atoms with Crippen LogP contribution in [-0.4, -0.2) is 34.2 Å². The van der Waals surface area contributed by atoms with Gasteiger partial charge in [0.25, 0.3) is 0 Å². The van der Waals surface area contributed by atoms with Crippen molar-refractivity contribution in [2.75, 3.05) is 6.54 Å². The molecule has 1 amide bonds. The zero-order valence-electron chi connectivity index (χ0n) is 12.4. The van der Waals surface area contributed by atoms with Gasteiger partial charge < -0.3 is 9.64 Å². The Morgan fingerprint density at radius 2 is 2.25 bits per heavy atom. The number of aromatic nitrogens is 1. The molecule has 20 heavy (non-hydrogen) atoms. The molecule has 2 rings (SSSR count). The number of nitrogens with zero attached hydrogens (tertiary/aromatic N) is 2. The van der Waals surface area contributed by atoms with E-state index in [0.29, 0.717) is 0 Å². The Morgan fingerprint density at radius 3 is 2.90 bits per heavy atom. The van der Waals surface area contributed by atoms with Gasteiger partial charge in [0.15, 0.2) is 0 Å². The third-order valence-electron chi connectivity index (χ3n) is 3.10. The van der Waals surface area contributed by atoms with E-state index in [9.17, 15) is 4.79 Å². The van der Waals surface area contributed by atoms with Crippen LogP contribution in [0.5, 0.6) is 0 Å². The highest BCUT2D eigenvalue weighted by atomic mass is 16.6. The van der Waals surface area contributed by atoms with Gasteiger partial charge in [-0.3, -0.25) is 4.98 Å². The van der Waals surface area contributed by atoms with Gasteiger partial charge in [0.2, 0.25) is 0 Å². The van der Waals surface area contributed by atoms with Crippen molar-refractivity contribution in [3.63, 3.8) is 0 Å². The molecular formula is C16H22N2O2. The summed E-state index contributed by atoms with van der Waals surface area (Å²) in [6, 6.07) is 5.89. The predicted molar refractivity (Wildman–Crippen MR) is 79.2 cm³/mol. The standard InChI is InChI=1S/C16H22N2O2/c1-16(2,3)20-15(19)18-12-6-8-14(18)10-9-13-7-4-5-11-17-13/h4-5,7,9-11,14H,6,8,12H2,1-3H3/b10-9+. The molecule has 0 spiro atoms. The Kier molecular flexibility index (Phi) is 4.42. The highest BCUT2D eigenvalue weighted by molar-refractivity contribution is 5.69. The number of hydrogen-bond donors (Lipinski definition) is 0. The highest BCUT2D eigenvalue weighted by Gasteiger charge is 2.30. The molecule has 1 aliphatic heterocycles. The molecule has 4 nitrogen and oxygen atoms in total. The average molecular weight is 274 g/mol. The molecule has 0 aromatic carbocycles. The predicted octanol–water partition coefficient (Wildman–Crippen LogP) is 3.49. The first-order chi connectivity index (χ1) is 9.46. The van der Waals surface area contributed by atoms with Gasteiger partial charge in [-0.15, -0.1) is 0 Å². The lowest BCUT2D eigenvalue weighted by Crippen LogP contribution is -2.39. The maximum Gasteiger partial charge on any atom is 0.410 e. The van der Waals surface area contributed by atoms with Crippen molar-refractivity contribution < 1.29 is 9.53 Å². The second kappa shape index (κ2) is 6.07. The highest BCUT2D eigenvalue weighted by Crippen LogP contribution is 2.22. The summed E-state index contributed by atoms with van der Waals surface area (Å²) in [5.74, 6) is 0. The molecule has 1 aliphatic rings. The first kappa shape index (κ1) is 14.6. The summed E-state index contributed by atoms with van der Waals surface area (Å²) in [4.78, 5) is 18.2. The molecule has 1 aromatic heterocycles. The molecule has 2 heterocycles. The van der Waals surface area contributed by atoms with Crippen LogP contribution in [0, 0.1) is 0 Å². The monoisotopic (exact) mass is 274 g/mol. The van der Waals surface area contributed by atoms with Crippen LogP contribution in [0.3, 0.4) is 0 Å². The van der Waals surface area contributed by atoms with Gasteiger partial charge in [-0.2, -0.15) is 0 Å². The van der Waals surface area contributed by atoms with Crippen LogP contribution in [0.25, 0.3) is 6.08 Å². The third kappa shape index (κ3) is 4.08. The number of carbonyl (C=O) groups is 1. The van der Waals surface area contributed by atoms with Crippen LogP contribution in [0.2, 0.25) is 0 Å². The van der Waals surface area contributed by atoms with Crippen LogP contribution in [0.4, 0.5) is 4.79 Å². The van der Waals surface area contributed by atoms with E-state index >= 15 is 0 Å². The van der Waals surface area contributed by atoms with E-state index in [4.69, 9.17) is 4.74 Å². The Labute approximate surface area is 120 Å². The van der Waals surface area contributed by atoms with Gasteiger partial charge >= 0.3 is 6.09 Å². The zero-order valence-corrected chi connectivity index (χ0v) is 12.4. The van der Waals surface area contributed by atoms with Crippen molar-refractivity contribution in [3.8, 4) is 0 Å². The largest absolute Gasteiger partial charge is 0.444 e. The SMILES string of the molecule is CC(C)(C)OC(=O)N1CCCC1/C=C/c1ccccn1. The van der Waals surface area contributed by atoms with Crippen molar-refractivity contribution >= 4 is 12.2 Å².